The topological polar surface area (TPSA) is 72.9 Å². The first-order valence-corrected chi connectivity index (χ1v) is 13.4. The number of hydrogen-bond donors (Lipinski definition) is 1. The van der Waals surface area contributed by atoms with Gasteiger partial charge in [0.2, 0.25) is 0 Å². The second-order valence-electron chi connectivity index (χ2n) is 10.2. The second-order valence-corrected chi connectivity index (χ2v) is 10.2. The SMILES string of the molecule is COC[C@@H]1[C@H](C(=O)OC)CCN1c1cccc(-c2cc(C)ccc2OCc2ccc3c(c2C)CCNC3)n1. The van der Waals surface area contributed by atoms with E-state index in [0.29, 0.717) is 26.2 Å². The fourth-order valence-corrected chi connectivity index (χ4v) is 5.77. The number of ether oxygens (including phenoxy) is 3. The number of carbonyl (C=O) groups excluding carboxylic acids is 1. The van der Waals surface area contributed by atoms with Crippen molar-refractivity contribution in [3.63, 3.8) is 0 Å². The van der Waals surface area contributed by atoms with Crippen molar-refractivity contribution in [2.24, 2.45) is 5.92 Å². The number of methoxy groups -OCH3 is 2. The molecular formula is C31H37N3O4. The summed E-state index contributed by atoms with van der Waals surface area (Å²) < 4.78 is 17.0. The molecule has 38 heavy (non-hydrogen) atoms. The lowest BCUT2D eigenvalue weighted by Crippen LogP contribution is -2.40. The highest BCUT2D eigenvalue weighted by atomic mass is 16.5. The van der Waals surface area contributed by atoms with E-state index in [9.17, 15) is 4.79 Å². The van der Waals surface area contributed by atoms with Gasteiger partial charge in [0.1, 0.15) is 18.2 Å². The Morgan fingerprint density at radius 3 is 2.82 bits per heavy atom. The third-order valence-corrected chi connectivity index (χ3v) is 7.88. The van der Waals surface area contributed by atoms with Crippen molar-refractivity contribution in [3.05, 3.63) is 76.3 Å². The van der Waals surface area contributed by atoms with Crippen LogP contribution in [-0.4, -0.2) is 50.9 Å². The van der Waals surface area contributed by atoms with Gasteiger partial charge in [-0.05, 0) is 79.8 Å². The molecule has 0 aliphatic carbocycles. The Labute approximate surface area is 225 Å². The lowest BCUT2D eigenvalue weighted by atomic mass is 9.93. The van der Waals surface area contributed by atoms with Crippen LogP contribution in [0.4, 0.5) is 5.82 Å². The van der Waals surface area contributed by atoms with Gasteiger partial charge in [0.25, 0.3) is 0 Å². The number of benzene rings is 2. The van der Waals surface area contributed by atoms with E-state index >= 15 is 0 Å². The van der Waals surface area contributed by atoms with Crippen molar-refractivity contribution >= 4 is 11.8 Å². The van der Waals surface area contributed by atoms with E-state index < -0.39 is 0 Å². The smallest absolute Gasteiger partial charge is 0.310 e. The van der Waals surface area contributed by atoms with Crippen LogP contribution < -0.4 is 15.0 Å². The first kappa shape index (κ1) is 26.2. The molecule has 1 saturated heterocycles. The van der Waals surface area contributed by atoms with Crippen molar-refractivity contribution < 1.29 is 19.0 Å². The number of nitrogens with zero attached hydrogens (tertiary/aromatic N) is 2. The Balaban J connectivity index is 1.41. The predicted octanol–water partition coefficient (Wildman–Crippen LogP) is 4.60. The normalized spacial score (nSPS) is 18.8. The van der Waals surface area contributed by atoms with E-state index in [0.717, 1.165) is 47.9 Å². The van der Waals surface area contributed by atoms with E-state index in [-0.39, 0.29) is 17.9 Å². The van der Waals surface area contributed by atoms with Crippen molar-refractivity contribution in [1.82, 2.24) is 10.3 Å². The molecule has 1 aromatic heterocycles. The number of aryl methyl sites for hydroxylation is 1. The summed E-state index contributed by atoms with van der Waals surface area (Å²) >= 11 is 0. The Morgan fingerprint density at radius 2 is 2.00 bits per heavy atom. The minimum Gasteiger partial charge on any atom is -0.488 e. The number of aromatic nitrogens is 1. The quantitative estimate of drug-likeness (QED) is 0.440. The van der Waals surface area contributed by atoms with E-state index in [1.807, 2.05) is 24.3 Å². The minimum atomic E-state index is -0.237. The Kier molecular flexibility index (Phi) is 7.95. The summed E-state index contributed by atoms with van der Waals surface area (Å²) in [6, 6.07) is 16.6. The maximum absolute atomic E-state index is 12.4. The fourth-order valence-electron chi connectivity index (χ4n) is 5.77. The molecule has 0 bridgehead atoms. The second kappa shape index (κ2) is 11.5. The van der Waals surface area contributed by atoms with Gasteiger partial charge < -0.3 is 24.4 Å². The first-order chi connectivity index (χ1) is 18.5. The fraction of sp³-hybridized carbons (Fsp3) is 0.419. The number of anilines is 1. The molecule has 1 N–H and O–H groups in total. The van der Waals surface area contributed by atoms with Crippen molar-refractivity contribution in [2.75, 3.05) is 38.8 Å². The number of nitrogens with one attached hydrogen (secondary N) is 1. The lowest BCUT2D eigenvalue weighted by molar-refractivity contribution is -0.146. The number of pyridine rings is 1. The van der Waals surface area contributed by atoms with Gasteiger partial charge >= 0.3 is 5.97 Å². The molecule has 0 amide bonds. The predicted molar refractivity (Wildman–Crippen MR) is 148 cm³/mol. The van der Waals surface area contributed by atoms with Crippen LogP contribution in [0.15, 0.2) is 48.5 Å². The average Bonchev–Trinajstić information content (AvgIpc) is 3.37. The van der Waals surface area contributed by atoms with Crippen LogP contribution in [0.25, 0.3) is 11.3 Å². The summed E-state index contributed by atoms with van der Waals surface area (Å²) in [5.74, 6) is 1.19. The maximum Gasteiger partial charge on any atom is 0.310 e. The molecule has 3 aromatic rings. The number of esters is 1. The van der Waals surface area contributed by atoms with Gasteiger partial charge in [0, 0.05) is 25.8 Å². The zero-order valence-electron chi connectivity index (χ0n) is 22.8. The van der Waals surface area contributed by atoms with Crippen LogP contribution in [0.5, 0.6) is 5.75 Å². The first-order valence-electron chi connectivity index (χ1n) is 13.4. The molecule has 1 fully saturated rings. The minimum absolute atomic E-state index is 0.120. The Hall–Kier alpha value is -3.42. The number of hydrogen-bond acceptors (Lipinski definition) is 7. The lowest BCUT2D eigenvalue weighted by Gasteiger charge is -2.28. The molecular weight excluding hydrogens is 478 g/mol. The van der Waals surface area contributed by atoms with Crippen molar-refractivity contribution in [3.8, 4) is 17.0 Å². The summed E-state index contributed by atoms with van der Waals surface area (Å²) in [6.45, 7) is 7.89. The molecule has 200 valence electrons. The van der Waals surface area contributed by atoms with Crippen LogP contribution in [0.2, 0.25) is 0 Å². The molecule has 2 aliphatic rings. The zero-order valence-corrected chi connectivity index (χ0v) is 22.8. The largest absolute Gasteiger partial charge is 0.488 e. The van der Waals surface area contributed by atoms with Gasteiger partial charge in [-0.3, -0.25) is 4.79 Å². The van der Waals surface area contributed by atoms with E-state index in [2.05, 4.69) is 48.3 Å². The van der Waals surface area contributed by atoms with Crippen molar-refractivity contribution in [2.45, 2.75) is 45.9 Å². The third kappa shape index (κ3) is 5.26. The summed E-state index contributed by atoms with van der Waals surface area (Å²) in [6.07, 6.45) is 1.76. The van der Waals surface area contributed by atoms with Gasteiger partial charge in [-0.1, -0.05) is 29.8 Å². The molecule has 7 nitrogen and oxygen atoms in total. The molecule has 2 atom stereocenters. The van der Waals surface area contributed by atoms with Gasteiger partial charge in [-0.15, -0.1) is 0 Å². The molecule has 2 aromatic carbocycles. The average molecular weight is 516 g/mol. The van der Waals surface area contributed by atoms with Gasteiger partial charge in [0.15, 0.2) is 0 Å². The van der Waals surface area contributed by atoms with Crippen LogP contribution in [-0.2, 0) is 33.8 Å². The zero-order chi connectivity index (χ0) is 26.6. The Bertz CT molecular complexity index is 1310. The summed E-state index contributed by atoms with van der Waals surface area (Å²) in [5.41, 5.74) is 8.32. The van der Waals surface area contributed by atoms with Gasteiger partial charge in [-0.25, -0.2) is 4.98 Å². The molecule has 0 radical (unpaired) electrons. The Morgan fingerprint density at radius 1 is 1.13 bits per heavy atom. The molecule has 3 heterocycles. The highest BCUT2D eigenvalue weighted by Gasteiger charge is 2.40. The molecule has 0 spiro atoms. The van der Waals surface area contributed by atoms with E-state index in [1.54, 1.807) is 7.11 Å². The van der Waals surface area contributed by atoms with Crippen LogP contribution in [0.3, 0.4) is 0 Å². The highest BCUT2D eigenvalue weighted by Crippen LogP contribution is 2.35. The third-order valence-electron chi connectivity index (χ3n) is 7.88. The molecule has 5 rings (SSSR count). The van der Waals surface area contributed by atoms with Crippen molar-refractivity contribution in [1.29, 1.82) is 0 Å². The molecule has 0 saturated carbocycles. The number of rotatable bonds is 8. The molecule has 7 heteroatoms. The van der Waals surface area contributed by atoms with E-state index in [4.69, 9.17) is 19.2 Å². The van der Waals surface area contributed by atoms with Crippen LogP contribution >= 0.6 is 0 Å². The summed E-state index contributed by atoms with van der Waals surface area (Å²) in [7, 11) is 3.10. The summed E-state index contributed by atoms with van der Waals surface area (Å²) in [5, 5.41) is 3.45. The van der Waals surface area contributed by atoms with Gasteiger partial charge in [-0.2, -0.15) is 0 Å². The van der Waals surface area contributed by atoms with E-state index in [1.165, 1.54) is 29.4 Å². The summed E-state index contributed by atoms with van der Waals surface area (Å²) in [4.78, 5) is 19.6. The van der Waals surface area contributed by atoms with Crippen LogP contribution in [0.1, 0.15) is 34.2 Å². The molecule has 0 unspecified atom stereocenters. The van der Waals surface area contributed by atoms with Gasteiger partial charge in [0.05, 0.1) is 31.4 Å². The number of carbonyl (C=O) groups is 1. The maximum atomic E-state index is 12.4. The highest BCUT2D eigenvalue weighted by molar-refractivity contribution is 5.75. The standard InChI is InChI=1S/C31H37N3O4/c1-20-8-11-29(38-18-23-10-9-22-17-32-14-12-24(22)21(23)2)26(16-20)27-6-5-7-30(33-27)34-15-13-25(31(35)37-4)28(34)19-36-3/h5-11,16,25,28,32H,12-15,17-19H2,1-4H3/t25-,28-/m1/s1. The monoisotopic (exact) mass is 515 g/mol. The number of fused-ring (bicyclic) bond motifs is 1. The van der Waals surface area contributed by atoms with Crippen LogP contribution in [0, 0.1) is 19.8 Å². The molecule has 2 aliphatic heterocycles.